The number of ether oxygens (including phenoxy) is 2. The third-order valence-corrected chi connectivity index (χ3v) is 4.66. The van der Waals surface area contributed by atoms with Crippen LogP contribution >= 0.6 is 0 Å². The first-order chi connectivity index (χ1) is 11.7. The van der Waals surface area contributed by atoms with Crippen molar-refractivity contribution in [1.29, 1.82) is 5.26 Å². The molecule has 134 valence electrons. The average Bonchev–Trinajstić information content (AvgIpc) is 3.09. The fourth-order valence-corrected chi connectivity index (χ4v) is 2.99. The lowest BCUT2D eigenvalue weighted by Crippen LogP contribution is -2.12. The number of methoxy groups -OCH3 is 1. The van der Waals surface area contributed by atoms with E-state index in [2.05, 4.69) is 0 Å². The second kappa shape index (κ2) is 7.32. The molecule has 0 aromatic heterocycles. The molecule has 1 fully saturated rings. The quantitative estimate of drug-likeness (QED) is 0.577. The van der Waals surface area contributed by atoms with Crippen molar-refractivity contribution in [3.05, 3.63) is 46.5 Å². The fourth-order valence-electron chi connectivity index (χ4n) is 2.99. The zero-order chi connectivity index (χ0) is 18.8. The minimum Gasteiger partial charge on any atom is -0.460 e. The van der Waals surface area contributed by atoms with Gasteiger partial charge in [-0.25, -0.2) is 8.78 Å². The van der Waals surface area contributed by atoms with E-state index in [1.807, 2.05) is 19.9 Å². The van der Waals surface area contributed by atoms with Gasteiger partial charge in [-0.15, -0.1) is 0 Å². The van der Waals surface area contributed by atoms with Gasteiger partial charge >= 0.3 is 5.97 Å². The summed E-state index contributed by atoms with van der Waals surface area (Å²) in [5.74, 6) is -2.21. The lowest BCUT2D eigenvalue weighted by Gasteiger charge is -2.09. The number of halogens is 2. The molecular weight excluding hydrogens is 328 g/mol. The molecule has 1 aromatic rings. The van der Waals surface area contributed by atoms with Crippen LogP contribution in [-0.2, 0) is 27.5 Å². The van der Waals surface area contributed by atoms with E-state index in [-0.39, 0.29) is 35.7 Å². The lowest BCUT2D eigenvalue weighted by atomic mass is 10.1. The molecule has 6 heteroatoms. The van der Waals surface area contributed by atoms with Gasteiger partial charge in [0.25, 0.3) is 0 Å². The van der Waals surface area contributed by atoms with Crippen LogP contribution in [-0.4, -0.2) is 13.1 Å². The van der Waals surface area contributed by atoms with Crippen LogP contribution in [0.3, 0.4) is 0 Å². The second-order valence-corrected chi connectivity index (χ2v) is 6.86. The molecule has 1 aliphatic rings. The topological polar surface area (TPSA) is 59.3 Å². The summed E-state index contributed by atoms with van der Waals surface area (Å²) < 4.78 is 37.8. The van der Waals surface area contributed by atoms with E-state index in [1.165, 1.54) is 7.11 Å². The van der Waals surface area contributed by atoms with Crippen LogP contribution in [0.25, 0.3) is 0 Å². The Bertz CT molecular complexity index is 750. The molecule has 0 spiro atoms. The van der Waals surface area contributed by atoms with Crippen molar-refractivity contribution in [1.82, 2.24) is 0 Å². The molecule has 1 aromatic carbocycles. The van der Waals surface area contributed by atoms with Crippen LogP contribution in [0.2, 0.25) is 0 Å². The summed E-state index contributed by atoms with van der Waals surface area (Å²) in [6, 6.07) is 4.09. The molecule has 0 radical (unpaired) electrons. The van der Waals surface area contributed by atoms with Crippen molar-refractivity contribution in [3.8, 4) is 6.07 Å². The molecule has 1 aliphatic carbocycles. The van der Waals surface area contributed by atoms with Crippen molar-refractivity contribution < 1.29 is 23.0 Å². The third-order valence-electron chi connectivity index (χ3n) is 4.66. The summed E-state index contributed by atoms with van der Waals surface area (Å²) in [4.78, 5) is 12.3. The van der Waals surface area contributed by atoms with Gasteiger partial charge in [0, 0.05) is 23.8 Å². The van der Waals surface area contributed by atoms with E-state index < -0.39 is 23.5 Å². The molecule has 0 unspecified atom stereocenters. The van der Waals surface area contributed by atoms with Gasteiger partial charge in [0.05, 0.1) is 18.6 Å². The Morgan fingerprint density at radius 1 is 1.28 bits per heavy atom. The number of esters is 1. The second-order valence-electron chi connectivity index (χ2n) is 6.86. The van der Waals surface area contributed by atoms with Crippen LogP contribution in [0.5, 0.6) is 0 Å². The molecule has 0 N–H and O–H groups in total. The summed E-state index contributed by atoms with van der Waals surface area (Å²) in [6.45, 7) is 5.12. The summed E-state index contributed by atoms with van der Waals surface area (Å²) in [7, 11) is 1.39. The SMILES string of the molecule is COCc1cc(F)c(COC(=O)[C@@H]2[C@@H](/C=C(/C)C#N)C2(C)C)cc1F. The molecule has 0 amide bonds. The first kappa shape index (κ1) is 19.1. The molecule has 25 heavy (non-hydrogen) atoms. The first-order valence-electron chi connectivity index (χ1n) is 7.93. The molecule has 0 bridgehead atoms. The number of carbonyl (C=O) groups excluding carboxylic acids is 1. The van der Waals surface area contributed by atoms with E-state index in [4.69, 9.17) is 14.7 Å². The summed E-state index contributed by atoms with van der Waals surface area (Å²) in [6.07, 6.45) is 1.76. The fraction of sp³-hybridized carbons (Fsp3) is 0.474. The monoisotopic (exact) mass is 349 g/mol. The number of nitrogens with zero attached hydrogens (tertiary/aromatic N) is 1. The maximum atomic E-state index is 14.0. The van der Waals surface area contributed by atoms with E-state index >= 15 is 0 Å². The zero-order valence-corrected chi connectivity index (χ0v) is 14.7. The Hall–Kier alpha value is -2.26. The Balaban J connectivity index is 2.04. The maximum Gasteiger partial charge on any atom is 0.310 e. The highest BCUT2D eigenvalue weighted by Crippen LogP contribution is 2.59. The van der Waals surface area contributed by atoms with E-state index in [1.54, 1.807) is 13.0 Å². The predicted molar refractivity (Wildman–Crippen MR) is 87.0 cm³/mol. The molecule has 2 atom stereocenters. The predicted octanol–water partition coefficient (Wildman–Crippen LogP) is 3.90. The largest absolute Gasteiger partial charge is 0.460 e. The number of benzene rings is 1. The van der Waals surface area contributed by atoms with Gasteiger partial charge in [0.15, 0.2) is 0 Å². The van der Waals surface area contributed by atoms with Crippen LogP contribution < -0.4 is 0 Å². The lowest BCUT2D eigenvalue weighted by molar-refractivity contribution is -0.147. The van der Waals surface area contributed by atoms with E-state index in [0.717, 1.165) is 12.1 Å². The number of hydrogen-bond acceptors (Lipinski definition) is 4. The van der Waals surface area contributed by atoms with Gasteiger partial charge in [0.1, 0.15) is 18.2 Å². The van der Waals surface area contributed by atoms with Crippen molar-refractivity contribution in [2.75, 3.05) is 7.11 Å². The summed E-state index contributed by atoms with van der Waals surface area (Å²) >= 11 is 0. The Labute approximate surface area is 146 Å². The van der Waals surface area contributed by atoms with Crippen LogP contribution in [0.15, 0.2) is 23.8 Å². The van der Waals surface area contributed by atoms with Gasteiger partial charge in [-0.05, 0) is 30.4 Å². The molecular formula is C19H21F2NO3. The Morgan fingerprint density at radius 3 is 2.36 bits per heavy atom. The molecule has 0 saturated heterocycles. The molecule has 2 rings (SSSR count). The van der Waals surface area contributed by atoms with Crippen molar-refractivity contribution in [2.45, 2.75) is 34.0 Å². The average molecular weight is 349 g/mol. The molecule has 4 nitrogen and oxygen atoms in total. The van der Waals surface area contributed by atoms with Gasteiger partial charge in [0.2, 0.25) is 0 Å². The van der Waals surface area contributed by atoms with Gasteiger partial charge < -0.3 is 9.47 Å². The van der Waals surface area contributed by atoms with Crippen LogP contribution in [0.1, 0.15) is 31.9 Å². The first-order valence-corrected chi connectivity index (χ1v) is 7.93. The standard InChI is InChI=1S/C19H21F2NO3/c1-11(8-22)5-14-17(19(14,2)3)18(23)25-10-13-7-15(20)12(9-24-4)6-16(13)21/h5-7,14,17H,9-10H2,1-4H3/b11-5-/t14-,17+/m1/s1. The summed E-state index contributed by atoms with van der Waals surface area (Å²) in [5.41, 5.74) is 0.302. The molecule has 0 aliphatic heterocycles. The third kappa shape index (κ3) is 4.05. The number of nitriles is 1. The number of carbonyl (C=O) groups is 1. The zero-order valence-electron chi connectivity index (χ0n) is 14.7. The van der Waals surface area contributed by atoms with Crippen LogP contribution in [0, 0.1) is 40.2 Å². The van der Waals surface area contributed by atoms with Crippen molar-refractivity contribution in [2.24, 2.45) is 17.3 Å². The minimum absolute atomic E-state index is 0.0237. The number of rotatable bonds is 6. The highest BCUT2D eigenvalue weighted by atomic mass is 19.1. The Kier molecular flexibility index (Phi) is 5.58. The molecule has 1 saturated carbocycles. The summed E-state index contributed by atoms with van der Waals surface area (Å²) in [5, 5.41) is 8.86. The highest BCUT2D eigenvalue weighted by molar-refractivity contribution is 5.78. The van der Waals surface area contributed by atoms with E-state index in [0.29, 0.717) is 5.57 Å². The van der Waals surface area contributed by atoms with Gasteiger partial charge in [-0.3, -0.25) is 4.79 Å². The van der Waals surface area contributed by atoms with Gasteiger partial charge in [-0.1, -0.05) is 19.9 Å². The normalized spacial score (nSPS) is 21.6. The Morgan fingerprint density at radius 2 is 1.84 bits per heavy atom. The van der Waals surface area contributed by atoms with E-state index in [9.17, 15) is 13.6 Å². The van der Waals surface area contributed by atoms with Crippen LogP contribution in [0.4, 0.5) is 8.78 Å². The van der Waals surface area contributed by atoms with Gasteiger partial charge in [-0.2, -0.15) is 5.26 Å². The highest BCUT2D eigenvalue weighted by Gasteiger charge is 2.61. The molecule has 0 heterocycles. The smallest absolute Gasteiger partial charge is 0.310 e. The minimum atomic E-state index is -0.645. The number of allylic oxidation sites excluding steroid dienone is 2. The van der Waals surface area contributed by atoms with Crippen molar-refractivity contribution in [3.63, 3.8) is 0 Å². The van der Waals surface area contributed by atoms with Crippen molar-refractivity contribution >= 4 is 5.97 Å². The number of hydrogen-bond donors (Lipinski definition) is 0. The maximum absolute atomic E-state index is 14.0.